The van der Waals surface area contributed by atoms with Crippen LogP contribution in [0.15, 0.2) is 18.2 Å². The Morgan fingerprint density at radius 3 is 2.78 bits per heavy atom. The molecule has 2 aliphatic carbocycles. The zero-order chi connectivity index (χ0) is 12.5. The minimum atomic E-state index is -0.360. The number of rotatable bonds is 5. The van der Waals surface area contributed by atoms with Gasteiger partial charge < -0.3 is 10.4 Å². The van der Waals surface area contributed by atoms with Crippen LogP contribution >= 0.6 is 0 Å². The van der Waals surface area contributed by atoms with Crippen LogP contribution in [0.3, 0.4) is 0 Å². The third-order valence-electron chi connectivity index (χ3n) is 4.31. The van der Waals surface area contributed by atoms with E-state index < -0.39 is 0 Å². The van der Waals surface area contributed by atoms with Gasteiger partial charge in [0.15, 0.2) is 0 Å². The van der Waals surface area contributed by atoms with E-state index in [-0.39, 0.29) is 12.1 Å². The van der Waals surface area contributed by atoms with Gasteiger partial charge in [0.2, 0.25) is 0 Å². The Morgan fingerprint density at radius 2 is 2.06 bits per heavy atom. The summed E-state index contributed by atoms with van der Waals surface area (Å²) in [5.74, 6) is 0. The second-order valence-electron chi connectivity index (χ2n) is 5.78. The molecule has 2 aliphatic rings. The third kappa shape index (κ3) is 2.45. The van der Waals surface area contributed by atoms with Crippen molar-refractivity contribution in [2.75, 3.05) is 0 Å². The Kier molecular flexibility index (Phi) is 3.40. The van der Waals surface area contributed by atoms with E-state index in [4.69, 9.17) is 0 Å². The van der Waals surface area contributed by atoms with Gasteiger partial charge in [-0.2, -0.15) is 0 Å². The molecule has 0 aliphatic heterocycles. The highest BCUT2D eigenvalue weighted by molar-refractivity contribution is 5.36. The van der Waals surface area contributed by atoms with Gasteiger partial charge in [-0.25, -0.2) is 0 Å². The van der Waals surface area contributed by atoms with Gasteiger partial charge in [-0.1, -0.05) is 25.1 Å². The number of benzene rings is 1. The molecule has 98 valence electrons. The minimum Gasteiger partial charge on any atom is -0.387 e. The van der Waals surface area contributed by atoms with E-state index in [1.165, 1.54) is 43.2 Å². The average Bonchev–Trinajstić information content (AvgIpc) is 3.09. The highest BCUT2D eigenvalue weighted by Gasteiger charge is 2.28. The molecule has 0 bridgehead atoms. The van der Waals surface area contributed by atoms with Crippen molar-refractivity contribution < 1.29 is 5.11 Å². The van der Waals surface area contributed by atoms with Gasteiger partial charge in [0, 0.05) is 12.1 Å². The number of nitrogens with one attached hydrogen (secondary N) is 1. The van der Waals surface area contributed by atoms with E-state index in [2.05, 4.69) is 30.4 Å². The lowest BCUT2D eigenvalue weighted by Crippen LogP contribution is -2.36. The highest BCUT2D eigenvalue weighted by atomic mass is 16.3. The molecule has 2 N–H and O–H groups in total. The number of aliphatic hydroxyl groups is 1. The largest absolute Gasteiger partial charge is 0.387 e. The van der Waals surface area contributed by atoms with Crippen LogP contribution < -0.4 is 5.32 Å². The summed E-state index contributed by atoms with van der Waals surface area (Å²) in [5, 5.41) is 14.1. The maximum absolute atomic E-state index is 10.5. The number of aryl methyl sites for hydroxylation is 2. The van der Waals surface area contributed by atoms with Crippen LogP contribution in [0.4, 0.5) is 0 Å². The zero-order valence-corrected chi connectivity index (χ0v) is 11.2. The summed E-state index contributed by atoms with van der Waals surface area (Å²) in [5.41, 5.74) is 4.03. The number of hydrogen-bond acceptors (Lipinski definition) is 2. The molecule has 18 heavy (non-hydrogen) atoms. The molecule has 2 unspecified atom stereocenters. The molecule has 0 radical (unpaired) electrons. The predicted molar refractivity (Wildman–Crippen MR) is 73.7 cm³/mol. The Morgan fingerprint density at radius 1 is 1.28 bits per heavy atom. The van der Waals surface area contributed by atoms with Crippen LogP contribution in [-0.2, 0) is 12.8 Å². The minimum absolute atomic E-state index is 0.206. The van der Waals surface area contributed by atoms with E-state index in [1.807, 2.05) is 0 Å². The summed E-state index contributed by atoms with van der Waals surface area (Å²) in [4.78, 5) is 0. The standard InChI is InChI=1S/C16H23NO/c1-2-15(17-14-8-9-14)16(18)13-7-6-11-4-3-5-12(11)10-13/h6-7,10,14-18H,2-5,8-9H2,1H3. The maximum atomic E-state index is 10.5. The summed E-state index contributed by atoms with van der Waals surface area (Å²) in [6, 6.07) is 7.41. The van der Waals surface area contributed by atoms with E-state index in [1.54, 1.807) is 0 Å². The lowest BCUT2D eigenvalue weighted by atomic mass is 9.97. The van der Waals surface area contributed by atoms with E-state index in [0.717, 1.165) is 12.0 Å². The Labute approximate surface area is 109 Å². The number of hydrogen-bond donors (Lipinski definition) is 2. The Hall–Kier alpha value is -0.860. The Balaban J connectivity index is 1.75. The molecule has 2 atom stereocenters. The first kappa shape index (κ1) is 12.2. The second kappa shape index (κ2) is 5.02. The quantitative estimate of drug-likeness (QED) is 0.836. The first-order chi connectivity index (χ1) is 8.78. The molecular weight excluding hydrogens is 222 g/mol. The lowest BCUT2D eigenvalue weighted by Gasteiger charge is -2.24. The maximum Gasteiger partial charge on any atom is 0.0943 e. The monoisotopic (exact) mass is 245 g/mol. The van der Waals surface area contributed by atoms with Crippen LogP contribution in [0.5, 0.6) is 0 Å². The molecule has 1 aromatic carbocycles. The second-order valence-corrected chi connectivity index (χ2v) is 5.78. The first-order valence-electron chi connectivity index (χ1n) is 7.33. The van der Waals surface area contributed by atoms with Crippen molar-refractivity contribution in [3.63, 3.8) is 0 Å². The van der Waals surface area contributed by atoms with E-state index in [9.17, 15) is 5.11 Å². The normalized spacial score (nSPS) is 21.7. The molecule has 0 heterocycles. The van der Waals surface area contributed by atoms with Crippen molar-refractivity contribution in [1.29, 1.82) is 0 Å². The molecule has 0 spiro atoms. The molecule has 1 aromatic rings. The number of fused-ring (bicyclic) bond motifs is 1. The molecule has 0 amide bonds. The van der Waals surface area contributed by atoms with Gasteiger partial charge in [-0.15, -0.1) is 0 Å². The lowest BCUT2D eigenvalue weighted by molar-refractivity contribution is 0.125. The summed E-state index contributed by atoms with van der Waals surface area (Å²) in [6.07, 6.45) is 6.83. The summed E-state index contributed by atoms with van der Waals surface area (Å²) < 4.78 is 0. The summed E-state index contributed by atoms with van der Waals surface area (Å²) in [6.45, 7) is 2.15. The smallest absolute Gasteiger partial charge is 0.0943 e. The molecule has 1 fully saturated rings. The van der Waals surface area contributed by atoms with Crippen LogP contribution in [0.2, 0.25) is 0 Å². The van der Waals surface area contributed by atoms with Gasteiger partial charge in [0.1, 0.15) is 0 Å². The molecule has 0 aromatic heterocycles. The van der Waals surface area contributed by atoms with Crippen LogP contribution in [0, 0.1) is 0 Å². The van der Waals surface area contributed by atoms with Crippen LogP contribution in [-0.4, -0.2) is 17.2 Å². The topological polar surface area (TPSA) is 32.3 Å². The zero-order valence-electron chi connectivity index (χ0n) is 11.2. The van der Waals surface area contributed by atoms with Crippen molar-refractivity contribution in [3.05, 3.63) is 34.9 Å². The highest BCUT2D eigenvalue weighted by Crippen LogP contribution is 2.29. The van der Waals surface area contributed by atoms with Gasteiger partial charge in [0.05, 0.1) is 6.10 Å². The molecular formula is C16H23NO. The van der Waals surface area contributed by atoms with E-state index in [0.29, 0.717) is 6.04 Å². The van der Waals surface area contributed by atoms with Crippen molar-refractivity contribution in [2.24, 2.45) is 0 Å². The number of aliphatic hydroxyl groups excluding tert-OH is 1. The van der Waals surface area contributed by atoms with Gasteiger partial charge in [0.25, 0.3) is 0 Å². The van der Waals surface area contributed by atoms with Gasteiger partial charge >= 0.3 is 0 Å². The predicted octanol–water partition coefficient (Wildman–Crippen LogP) is 2.74. The summed E-state index contributed by atoms with van der Waals surface area (Å²) >= 11 is 0. The van der Waals surface area contributed by atoms with Crippen molar-refractivity contribution >= 4 is 0 Å². The van der Waals surface area contributed by atoms with Gasteiger partial charge in [-0.3, -0.25) is 0 Å². The SMILES string of the molecule is CCC(NC1CC1)C(O)c1ccc2c(c1)CCC2. The molecule has 0 saturated heterocycles. The van der Waals surface area contributed by atoms with Crippen LogP contribution in [0.25, 0.3) is 0 Å². The molecule has 2 heteroatoms. The third-order valence-corrected chi connectivity index (χ3v) is 4.31. The fraction of sp³-hybridized carbons (Fsp3) is 0.625. The van der Waals surface area contributed by atoms with E-state index >= 15 is 0 Å². The van der Waals surface area contributed by atoms with Crippen LogP contribution in [0.1, 0.15) is 55.4 Å². The molecule has 1 saturated carbocycles. The van der Waals surface area contributed by atoms with Crippen molar-refractivity contribution in [2.45, 2.75) is 63.6 Å². The fourth-order valence-corrected chi connectivity index (χ4v) is 2.99. The molecule has 2 nitrogen and oxygen atoms in total. The van der Waals surface area contributed by atoms with Crippen molar-refractivity contribution in [3.8, 4) is 0 Å². The van der Waals surface area contributed by atoms with Gasteiger partial charge in [-0.05, 0) is 55.2 Å². The van der Waals surface area contributed by atoms with Crippen molar-refractivity contribution in [1.82, 2.24) is 5.32 Å². The molecule has 3 rings (SSSR count). The average molecular weight is 245 g/mol. The first-order valence-corrected chi connectivity index (χ1v) is 7.33. The summed E-state index contributed by atoms with van der Waals surface area (Å²) in [7, 11) is 0. The Bertz CT molecular complexity index is 425. The fourth-order valence-electron chi connectivity index (χ4n) is 2.99.